The molecular weight excluding hydrogens is 438 g/mol. The molecular formula is C22H28ClN3O4S. The molecule has 0 radical (unpaired) electrons. The predicted molar refractivity (Wildman–Crippen MR) is 124 cm³/mol. The molecule has 1 heterocycles. The van der Waals surface area contributed by atoms with Gasteiger partial charge >= 0.3 is 0 Å². The van der Waals surface area contributed by atoms with E-state index in [4.69, 9.17) is 16.3 Å². The first-order valence-corrected chi connectivity index (χ1v) is 12.0. The molecule has 0 unspecified atom stereocenters. The highest BCUT2D eigenvalue weighted by Gasteiger charge is 2.26. The highest BCUT2D eigenvalue weighted by atomic mass is 35.5. The lowest BCUT2D eigenvalue weighted by atomic mass is 10.2. The van der Waals surface area contributed by atoms with Crippen molar-refractivity contribution in [3.63, 3.8) is 0 Å². The Balaban J connectivity index is 1.71. The monoisotopic (exact) mass is 465 g/mol. The molecule has 7 nitrogen and oxygen atoms in total. The van der Waals surface area contributed by atoms with Crippen molar-refractivity contribution < 1.29 is 17.9 Å². The van der Waals surface area contributed by atoms with E-state index in [1.807, 2.05) is 13.8 Å². The van der Waals surface area contributed by atoms with Crippen LogP contribution >= 0.6 is 11.6 Å². The maximum Gasteiger partial charge on any atom is 0.243 e. The Morgan fingerprint density at radius 3 is 2.45 bits per heavy atom. The van der Waals surface area contributed by atoms with Crippen molar-refractivity contribution in [2.75, 3.05) is 37.4 Å². The quantitative estimate of drug-likeness (QED) is 0.640. The third-order valence-corrected chi connectivity index (χ3v) is 7.66. The van der Waals surface area contributed by atoms with Gasteiger partial charge in [0.2, 0.25) is 15.9 Å². The van der Waals surface area contributed by atoms with Gasteiger partial charge in [-0.1, -0.05) is 24.1 Å². The van der Waals surface area contributed by atoms with Crippen LogP contribution < -0.4 is 15.4 Å². The number of hydrogen-bond donors (Lipinski definition) is 2. The second-order valence-electron chi connectivity index (χ2n) is 7.64. The van der Waals surface area contributed by atoms with Crippen LogP contribution in [0, 0.1) is 13.8 Å². The minimum absolute atomic E-state index is 0.0289. The Labute approximate surface area is 188 Å². The van der Waals surface area contributed by atoms with E-state index in [0.29, 0.717) is 35.2 Å². The van der Waals surface area contributed by atoms with Gasteiger partial charge < -0.3 is 15.4 Å². The smallest absolute Gasteiger partial charge is 0.243 e. The number of carbonyl (C=O) groups is 1. The SMILES string of the molecule is COc1cc(Cl)c(C)cc1NC(=O)CNc1cc(S(=O)(=O)N2CCCCC2)ccc1C. The summed E-state index contributed by atoms with van der Waals surface area (Å²) in [7, 11) is -2.04. The van der Waals surface area contributed by atoms with Gasteiger partial charge in [-0.05, 0) is 56.0 Å². The number of methoxy groups -OCH3 is 1. The van der Waals surface area contributed by atoms with Gasteiger partial charge in [0.1, 0.15) is 5.75 Å². The van der Waals surface area contributed by atoms with Crippen LogP contribution in [0.2, 0.25) is 5.02 Å². The third kappa shape index (κ3) is 5.50. The summed E-state index contributed by atoms with van der Waals surface area (Å²) in [5.74, 6) is 0.179. The molecule has 2 aromatic rings. The van der Waals surface area contributed by atoms with Gasteiger partial charge in [0.05, 0.1) is 24.2 Å². The van der Waals surface area contributed by atoms with Crippen LogP contribution in [0.3, 0.4) is 0 Å². The molecule has 1 saturated heterocycles. The Bertz CT molecular complexity index is 1070. The molecule has 2 aromatic carbocycles. The molecule has 1 aliphatic heterocycles. The number of halogens is 1. The Hall–Kier alpha value is -2.29. The van der Waals surface area contributed by atoms with Crippen LogP contribution in [0.15, 0.2) is 35.2 Å². The highest BCUT2D eigenvalue weighted by Crippen LogP contribution is 2.31. The normalized spacial score (nSPS) is 14.8. The maximum absolute atomic E-state index is 13.0. The van der Waals surface area contributed by atoms with Crippen molar-refractivity contribution >= 4 is 38.9 Å². The summed E-state index contributed by atoms with van der Waals surface area (Å²) in [4.78, 5) is 12.7. The van der Waals surface area contributed by atoms with Gasteiger partial charge in [0.15, 0.2) is 0 Å². The number of benzene rings is 2. The van der Waals surface area contributed by atoms with E-state index in [1.54, 1.807) is 30.3 Å². The van der Waals surface area contributed by atoms with Crippen LogP contribution in [-0.2, 0) is 14.8 Å². The van der Waals surface area contributed by atoms with E-state index in [0.717, 1.165) is 30.4 Å². The number of piperidine rings is 1. The van der Waals surface area contributed by atoms with Crippen LogP contribution in [0.5, 0.6) is 5.75 Å². The fourth-order valence-electron chi connectivity index (χ4n) is 3.51. The molecule has 0 aromatic heterocycles. The fraction of sp³-hybridized carbons (Fsp3) is 0.409. The summed E-state index contributed by atoms with van der Waals surface area (Å²) in [6, 6.07) is 8.36. The van der Waals surface area contributed by atoms with E-state index in [2.05, 4.69) is 10.6 Å². The highest BCUT2D eigenvalue weighted by molar-refractivity contribution is 7.89. The molecule has 0 spiro atoms. The van der Waals surface area contributed by atoms with Gasteiger partial charge in [0.25, 0.3) is 0 Å². The van der Waals surface area contributed by atoms with Gasteiger partial charge in [-0.25, -0.2) is 8.42 Å². The molecule has 1 aliphatic rings. The number of nitrogens with zero attached hydrogens (tertiary/aromatic N) is 1. The lowest BCUT2D eigenvalue weighted by Crippen LogP contribution is -2.35. The molecule has 9 heteroatoms. The van der Waals surface area contributed by atoms with E-state index >= 15 is 0 Å². The Morgan fingerprint density at radius 2 is 1.77 bits per heavy atom. The Morgan fingerprint density at radius 1 is 1.06 bits per heavy atom. The lowest BCUT2D eigenvalue weighted by Gasteiger charge is -2.26. The summed E-state index contributed by atoms with van der Waals surface area (Å²) in [5, 5.41) is 6.41. The summed E-state index contributed by atoms with van der Waals surface area (Å²) in [5.41, 5.74) is 2.80. The zero-order valence-corrected chi connectivity index (χ0v) is 19.6. The summed E-state index contributed by atoms with van der Waals surface area (Å²) in [6.45, 7) is 4.77. The van der Waals surface area contributed by atoms with E-state index in [9.17, 15) is 13.2 Å². The van der Waals surface area contributed by atoms with Gasteiger partial charge in [0, 0.05) is 29.9 Å². The van der Waals surface area contributed by atoms with Crippen molar-refractivity contribution in [1.29, 1.82) is 0 Å². The number of carbonyl (C=O) groups excluding carboxylic acids is 1. The lowest BCUT2D eigenvalue weighted by molar-refractivity contribution is -0.114. The molecule has 1 fully saturated rings. The molecule has 0 aliphatic carbocycles. The average Bonchev–Trinajstić information content (AvgIpc) is 2.76. The van der Waals surface area contributed by atoms with E-state index in [1.165, 1.54) is 11.4 Å². The van der Waals surface area contributed by atoms with E-state index in [-0.39, 0.29) is 17.3 Å². The molecule has 168 valence electrons. The van der Waals surface area contributed by atoms with Crippen molar-refractivity contribution in [3.8, 4) is 5.75 Å². The van der Waals surface area contributed by atoms with Crippen LogP contribution in [0.4, 0.5) is 11.4 Å². The third-order valence-electron chi connectivity index (χ3n) is 5.36. The van der Waals surface area contributed by atoms with Crippen molar-refractivity contribution in [3.05, 3.63) is 46.5 Å². The van der Waals surface area contributed by atoms with Gasteiger partial charge in [-0.15, -0.1) is 0 Å². The topological polar surface area (TPSA) is 87.7 Å². The van der Waals surface area contributed by atoms with Crippen molar-refractivity contribution in [2.45, 2.75) is 38.0 Å². The molecule has 2 N–H and O–H groups in total. The number of ether oxygens (including phenoxy) is 1. The first-order valence-electron chi connectivity index (χ1n) is 10.2. The van der Waals surface area contributed by atoms with Crippen LogP contribution in [-0.4, -0.2) is 45.4 Å². The molecule has 0 bridgehead atoms. The van der Waals surface area contributed by atoms with Crippen LogP contribution in [0.1, 0.15) is 30.4 Å². The second-order valence-corrected chi connectivity index (χ2v) is 9.99. The van der Waals surface area contributed by atoms with E-state index < -0.39 is 10.0 Å². The summed E-state index contributed by atoms with van der Waals surface area (Å²) in [6.07, 6.45) is 2.81. The molecule has 3 rings (SSSR count). The van der Waals surface area contributed by atoms with Crippen molar-refractivity contribution in [1.82, 2.24) is 4.31 Å². The first-order chi connectivity index (χ1) is 14.7. The number of hydrogen-bond acceptors (Lipinski definition) is 5. The maximum atomic E-state index is 13.0. The predicted octanol–water partition coefficient (Wildman–Crippen LogP) is 4.19. The standard InChI is InChI=1S/C22H28ClN3O4S/c1-15-7-8-17(31(28,29)26-9-5-4-6-10-26)12-19(15)24-14-22(27)25-20-11-16(2)18(23)13-21(20)30-3/h7-8,11-13,24H,4-6,9-10,14H2,1-3H3,(H,25,27). The number of aryl methyl sites for hydroxylation is 2. The Kier molecular flexibility index (Phi) is 7.46. The number of nitrogens with one attached hydrogen (secondary N) is 2. The number of anilines is 2. The summed E-state index contributed by atoms with van der Waals surface area (Å²) < 4.78 is 32.7. The zero-order valence-electron chi connectivity index (χ0n) is 18.0. The second kappa shape index (κ2) is 9.89. The largest absolute Gasteiger partial charge is 0.495 e. The number of sulfonamides is 1. The zero-order chi connectivity index (χ0) is 22.6. The van der Waals surface area contributed by atoms with Crippen molar-refractivity contribution in [2.24, 2.45) is 0 Å². The molecule has 1 amide bonds. The number of amides is 1. The van der Waals surface area contributed by atoms with Crippen LogP contribution in [0.25, 0.3) is 0 Å². The van der Waals surface area contributed by atoms with Gasteiger partial charge in [-0.2, -0.15) is 4.31 Å². The number of rotatable bonds is 7. The molecule has 0 atom stereocenters. The average molecular weight is 466 g/mol. The summed E-state index contributed by atoms with van der Waals surface area (Å²) >= 11 is 6.11. The molecule has 31 heavy (non-hydrogen) atoms. The first kappa shape index (κ1) is 23.4. The minimum atomic E-state index is -3.54. The van der Waals surface area contributed by atoms with Gasteiger partial charge in [-0.3, -0.25) is 4.79 Å². The molecule has 0 saturated carbocycles. The fourth-order valence-corrected chi connectivity index (χ4v) is 5.20. The minimum Gasteiger partial charge on any atom is -0.495 e.